The van der Waals surface area contributed by atoms with Gasteiger partial charge in [0.05, 0.1) is 5.69 Å². The normalized spacial score (nSPS) is 10.2. The monoisotopic (exact) mass is 272 g/mol. The van der Waals surface area contributed by atoms with Gasteiger partial charge in [0.25, 0.3) is 0 Å². The number of nitrogens with zero attached hydrogens (tertiary/aromatic N) is 4. The second kappa shape index (κ2) is 6.60. The van der Waals surface area contributed by atoms with E-state index in [1.165, 1.54) is 6.08 Å². The van der Waals surface area contributed by atoms with Gasteiger partial charge in [0.1, 0.15) is 6.61 Å². The predicted molar refractivity (Wildman–Crippen MR) is 73.2 cm³/mol. The Morgan fingerprint density at radius 2 is 2.20 bits per heavy atom. The molecule has 0 bridgehead atoms. The van der Waals surface area contributed by atoms with Gasteiger partial charge in [-0.25, -0.2) is 9.48 Å². The van der Waals surface area contributed by atoms with Gasteiger partial charge in [0.15, 0.2) is 5.69 Å². The molecule has 0 radical (unpaired) electrons. The van der Waals surface area contributed by atoms with Gasteiger partial charge in [-0.15, -0.1) is 5.10 Å². The summed E-state index contributed by atoms with van der Waals surface area (Å²) < 4.78 is 6.65. The Balaban J connectivity index is 2.01. The third-order valence-corrected chi connectivity index (χ3v) is 2.87. The molecule has 0 aliphatic carbocycles. The lowest BCUT2D eigenvalue weighted by Gasteiger charge is -2.04. The van der Waals surface area contributed by atoms with Crippen molar-refractivity contribution in [3.63, 3.8) is 0 Å². The lowest BCUT2D eigenvalue weighted by atomic mass is 10.2. The van der Waals surface area contributed by atoms with Crippen molar-refractivity contribution in [2.45, 2.75) is 19.9 Å². The molecule has 20 heavy (non-hydrogen) atoms. The van der Waals surface area contributed by atoms with Gasteiger partial charge in [-0.2, -0.15) is 0 Å². The molecule has 0 aliphatic rings. The van der Waals surface area contributed by atoms with Crippen LogP contribution in [-0.4, -0.2) is 32.6 Å². The van der Waals surface area contributed by atoms with Crippen LogP contribution in [0.15, 0.2) is 37.2 Å². The van der Waals surface area contributed by atoms with Crippen LogP contribution in [0.4, 0.5) is 0 Å². The molecule has 104 valence electrons. The molecule has 6 nitrogen and oxygen atoms in total. The molecule has 0 fully saturated rings. The van der Waals surface area contributed by atoms with Crippen molar-refractivity contribution in [3.05, 3.63) is 54.1 Å². The number of ether oxygens (including phenoxy) is 1. The van der Waals surface area contributed by atoms with Crippen molar-refractivity contribution < 1.29 is 9.53 Å². The zero-order valence-electron chi connectivity index (χ0n) is 11.3. The van der Waals surface area contributed by atoms with Crippen LogP contribution in [0.25, 0.3) is 0 Å². The van der Waals surface area contributed by atoms with E-state index in [2.05, 4.69) is 21.9 Å². The quantitative estimate of drug-likeness (QED) is 0.589. The van der Waals surface area contributed by atoms with Gasteiger partial charge in [0, 0.05) is 18.9 Å². The Labute approximate surface area is 117 Å². The number of hydrogen-bond donors (Lipinski definition) is 0. The first-order valence-corrected chi connectivity index (χ1v) is 6.29. The molecule has 0 N–H and O–H groups in total. The van der Waals surface area contributed by atoms with E-state index in [0.29, 0.717) is 12.2 Å². The van der Waals surface area contributed by atoms with Gasteiger partial charge in [-0.3, -0.25) is 4.98 Å². The van der Waals surface area contributed by atoms with E-state index in [9.17, 15) is 4.79 Å². The number of aryl methyl sites for hydroxylation is 2. The van der Waals surface area contributed by atoms with E-state index < -0.39 is 5.97 Å². The van der Waals surface area contributed by atoms with Crippen LogP contribution < -0.4 is 0 Å². The Kier molecular flexibility index (Phi) is 4.60. The summed E-state index contributed by atoms with van der Waals surface area (Å²) in [6, 6.07) is 3.90. The smallest absolute Gasteiger partial charge is 0.361 e. The van der Waals surface area contributed by atoms with Crippen molar-refractivity contribution in [2.24, 2.45) is 0 Å². The maximum absolute atomic E-state index is 11.7. The Morgan fingerprint density at radius 3 is 2.90 bits per heavy atom. The average molecular weight is 272 g/mol. The minimum atomic E-state index is -0.474. The number of aromatic nitrogens is 4. The highest BCUT2D eigenvalue weighted by Crippen LogP contribution is 2.07. The molecular formula is C14H16N4O2. The number of pyridine rings is 1. The van der Waals surface area contributed by atoms with Crippen LogP contribution in [0.1, 0.15) is 21.7 Å². The molecule has 0 atom stereocenters. The Hall–Kier alpha value is -2.50. The fraction of sp³-hybridized carbons (Fsp3) is 0.286. The molecule has 0 amide bonds. The first-order chi connectivity index (χ1) is 9.72. The van der Waals surface area contributed by atoms with Crippen LogP contribution >= 0.6 is 0 Å². The van der Waals surface area contributed by atoms with Crippen LogP contribution in [0.5, 0.6) is 0 Å². The molecule has 0 spiro atoms. The van der Waals surface area contributed by atoms with Crippen LogP contribution in [0, 0.1) is 6.92 Å². The Bertz CT molecular complexity index is 592. The number of carbonyl (C=O) groups excluding carboxylic acids is 1. The molecule has 0 aromatic carbocycles. The summed E-state index contributed by atoms with van der Waals surface area (Å²) in [4.78, 5) is 15.7. The summed E-state index contributed by atoms with van der Waals surface area (Å²) in [5.41, 5.74) is 2.11. The van der Waals surface area contributed by atoms with Crippen LogP contribution in [-0.2, 0) is 17.7 Å². The van der Waals surface area contributed by atoms with Crippen LogP contribution in [0.2, 0.25) is 0 Å². The van der Waals surface area contributed by atoms with E-state index in [1.807, 2.05) is 12.1 Å². The second-order valence-electron chi connectivity index (χ2n) is 4.24. The molecule has 2 aromatic rings. The fourth-order valence-electron chi connectivity index (χ4n) is 1.75. The molecule has 0 saturated carbocycles. The second-order valence-corrected chi connectivity index (χ2v) is 4.24. The van der Waals surface area contributed by atoms with Crippen molar-refractivity contribution in [1.82, 2.24) is 20.0 Å². The zero-order valence-corrected chi connectivity index (χ0v) is 11.3. The minimum absolute atomic E-state index is 0.169. The van der Waals surface area contributed by atoms with Crippen molar-refractivity contribution in [2.75, 3.05) is 6.61 Å². The summed E-state index contributed by atoms with van der Waals surface area (Å²) in [5, 5.41) is 7.86. The summed E-state index contributed by atoms with van der Waals surface area (Å²) >= 11 is 0. The third kappa shape index (κ3) is 3.28. The molecular weight excluding hydrogens is 256 g/mol. The standard InChI is InChI=1S/C14H16N4O2/c1-3-10-20-14(19)13-11(2)18(17-16-13)9-6-12-4-7-15-8-5-12/h3-5,7-8H,1,6,9-10H2,2H3. The largest absolute Gasteiger partial charge is 0.457 e. The highest BCUT2D eigenvalue weighted by atomic mass is 16.5. The highest BCUT2D eigenvalue weighted by Gasteiger charge is 2.17. The maximum Gasteiger partial charge on any atom is 0.361 e. The molecule has 2 aromatic heterocycles. The topological polar surface area (TPSA) is 69.9 Å². The van der Waals surface area contributed by atoms with E-state index in [-0.39, 0.29) is 12.3 Å². The van der Waals surface area contributed by atoms with Crippen molar-refractivity contribution >= 4 is 5.97 Å². The molecule has 0 aliphatic heterocycles. The summed E-state index contributed by atoms with van der Waals surface area (Å²) in [5.74, 6) is -0.474. The van der Waals surface area contributed by atoms with Gasteiger partial charge < -0.3 is 4.74 Å². The number of rotatable bonds is 6. The number of carbonyl (C=O) groups is 1. The average Bonchev–Trinajstić information content (AvgIpc) is 2.85. The van der Waals surface area contributed by atoms with E-state index >= 15 is 0 Å². The van der Waals surface area contributed by atoms with Gasteiger partial charge in [-0.1, -0.05) is 17.9 Å². The van der Waals surface area contributed by atoms with Gasteiger partial charge in [0.2, 0.25) is 0 Å². The first-order valence-electron chi connectivity index (χ1n) is 6.29. The number of esters is 1. The van der Waals surface area contributed by atoms with E-state index in [1.54, 1.807) is 24.0 Å². The summed E-state index contributed by atoms with van der Waals surface area (Å²) in [6.07, 6.45) is 5.82. The predicted octanol–water partition coefficient (Wildman–Crippen LogP) is 1.57. The van der Waals surface area contributed by atoms with E-state index in [4.69, 9.17) is 4.74 Å². The van der Waals surface area contributed by atoms with Crippen molar-refractivity contribution in [1.29, 1.82) is 0 Å². The molecule has 6 heteroatoms. The molecule has 2 heterocycles. The summed E-state index contributed by atoms with van der Waals surface area (Å²) in [7, 11) is 0. The van der Waals surface area contributed by atoms with Crippen LogP contribution in [0.3, 0.4) is 0 Å². The molecule has 2 rings (SSSR count). The molecule has 0 saturated heterocycles. The number of hydrogen-bond acceptors (Lipinski definition) is 5. The lowest BCUT2D eigenvalue weighted by molar-refractivity contribution is 0.0542. The third-order valence-electron chi connectivity index (χ3n) is 2.87. The van der Waals surface area contributed by atoms with E-state index in [0.717, 1.165) is 12.0 Å². The first kappa shape index (κ1) is 13.9. The maximum atomic E-state index is 11.7. The zero-order chi connectivity index (χ0) is 14.4. The minimum Gasteiger partial charge on any atom is -0.457 e. The Morgan fingerprint density at radius 1 is 1.45 bits per heavy atom. The van der Waals surface area contributed by atoms with Crippen molar-refractivity contribution in [3.8, 4) is 0 Å². The highest BCUT2D eigenvalue weighted by molar-refractivity contribution is 5.88. The lowest BCUT2D eigenvalue weighted by Crippen LogP contribution is -2.09. The van der Waals surface area contributed by atoms with Gasteiger partial charge in [-0.05, 0) is 31.0 Å². The fourth-order valence-corrected chi connectivity index (χ4v) is 1.75. The SMILES string of the molecule is C=CCOC(=O)c1nnn(CCc2ccncc2)c1C. The van der Waals surface area contributed by atoms with Gasteiger partial charge >= 0.3 is 5.97 Å². The summed E-state index contributed by atoms with van der Waals surface area (Å²) in [6.45, 7) is 6.12. The molecule has 0 unspecified atom stereocenters.